The van der Waals surface area contributed by atoms with Crippen molar-refractivity contribution in [2.45, 2.75) is 75.4 Å². The van der Waals surface area contributed by atoms with Gasteiger partial charge in [-0.2, -0.15) is 5.10 Å². The van der Waals surface area contributed by atoms with Crippen LogP contribution in [0.1, 0.15) is 63.1 Å². The lowest BCUT2D eigenvalue weighted by Crippen LogP contribution is -2.56. The van der Waals surface area contributed by atoms with Crippen molar-refractivity contribution in [2.75, 3.05) is 14.1 Å². The molecule has 1 aromatic rings. The number of hydrogen-bond donors (Lipinski definition) is 1. The highest BCUT2D eigenvalue weighted by atomic mass is 15.3. The largest absolute Gasteiger partial charge is 0.326 e. The summed E-state index contributed by atoms with van der Waals surface area (Å²) in [5.41, 5.74) is 7.97. The Morgan fingerprint density at radius 2 is 1.95 bits per heavy atom. The zero-order chi connectivity index (χ0) is 14.9. The third-order valence-corrected chi connectivity index (χ3v) is 5.84. The summed E-state index contributed by atoms with van der Waals surface area (Å²) in [5.74, 6) is 0. The van der Waals surface area contributed by atoms with Gasteiger partial charge in [-0.3, -0.25) is 4.68 Å². The number of hydrogen-bond acceptors (Lipinski definition) is 3. The topological polar surface area (TPSA) is 47.1 Å². The number of nitrogens with two attached hydrogens (primary N) is 1. The summed E-state index contributed by atoms with van der Waals surface area (Å²) in [4.78, 5) is 2.36. The van der Waals surface area contributed by atoms with Crippen LogP contribution in [-0.4, -0.2) is 40.4 Å². The second-order valence-corrected chi connectivity index (χ2v) is 7.24. The SMILES string of the molecule is CN(C)C1(C(N)Cc2ccn(C3CCCC3)n2)CCCC1. The quantitative estimate of drug-likeness (QED) is 0.907. The van der Waals surface area contributed by atoms with Gasteiger partial charge < -0.3 is 10.6 Å². The van der Waals surface area contributed by atoms with Crippen LogP contribution in [-0.2, 0) is 6.42 Å². The molecule has 0 radical (unpaired) electrons. The van der Waals surface area contributed by atoms with Crippen molar-refractivity contribution in [3.63, 3.8) is 0 Å². The molecule has 2 fully saturated rings. The average Bonchev–Trinajstić information content (AvgIpc) is 3.20. The molecule has 2 N–H and O–H groups in total. The number of aromatic nitrogens is 2. The van der Waals surface area contributed by atoms with Gasteiger partial charge in [-0.05, 0) is 45.8 Å². The molecular formula is C17H30N4. The molecule has 1 aromatic heterocycles. The molecule has 4 heteroatoms. The van der Waals surface area contributed by atoms with Gasteiger partial charge in [-0.25, -0.2) is 0 Å². The summed E-state index contributed by atoms with van der Waals surface area (Å²) >= 11 is 0. The lowest BCUT2D eigenvalue weighted by Gasteiger charge is -2.41. The van der Waals surface area contributed by atoms with Crippen LogP contribution in [0.3, 0.4) is 0 Å². The fourth-order valence-corrected chi connectivity index (χ4v) is 4.41. The molecular weight excluding hydrogens is 260 g/mol. The molecule has 0 aliphatic heterocycles. The molecule has 2 aliphatic rings. The van der Waals surface area contributed by atoms with E-state index in [1.54, 1.807) is 0 Å². The van der Waals surface area contributed by atoms with Gasteiger partial charge in [0.15, 0.2) is 0 Å². The van der Waals surface area contributed by atoms with Crippen LogP contribution in [0, 0.1) is 0 Å². The van der Waals surface area contributed by atoms with Crippen LogP contribution in [0.2, 0.25) is 0 Å². The lowest BCUT2D eigenvalue weighted by molar-refractivity contribution is 0.122. The molecule has 0 saturated heterocycles. The molecule has 0 spiro atoms. The molecule has 2 saturated carbocycles. The van der Waals surface area contributed by atoms with E-state index in [1.807, 2.05) is 0 Å². The molecule has 3 rings (SSSR count). The van der Waals surface area contributed by atoms with E-state index in [4.69, 9.17) is 10.8 Å². The third kappa shape index (κ3) is 2.88. The van der Waals surface area contributed by atoms with Crippen LogP contribution >= 0.6 is 0 Å². The minimum atomic E-state index is 0.178. The Kier molecular flexibility index (Phi) is 4.36. The molecule has 4 nitrogen and oxygen atoms in total. The first-order valence-electron chi connectivity index (χ1n) is 8.59. The van der Waals surface area contributed by atoms with Gasteiger partial charge in [0.1, 0.15) is 0 Å². The normalized spacial score (nSPS) is 24.0. The Labute approximate surface area is 128 Å². The molecule has 118 valence electrons. The predicted octanol–water partition coefficient (Wildman–Crippen LogP) is 2.74. The number of likely N-dealkylation sites (N-methyl/N-ethyl adjacent to an activating group) is 1. The van der Waals surface area contributed by atoms with Crippen molar-refractivity contribution in [1.82, 2.24) is 14.7 Å². The van der Waals surface area contributed by atoms with Crippen molar-refractivity contribution in [2.24, 2.45) is 5.73 Å². The van der Waals surface area contributed by atoms with Crippen LogP contribution in [0.5, 0.6) is 0 Å². The molecule has 21 heavy (non-hydrogen) atoms. The molecule has 0 amide bonds. The van der Waals surface area contributed by atoms with Crippen LogP contribution in [0.4, 0.5) is 0 Å². The van der Waals surface area contributed by atoms with Crippen LogP contribution in [0.15, 0.2) is 12.3 Å². The maximum absolute atomic E-state index is 6.62. The third-order valence-electron chi connectivity index (χ3n) is 5.84. The molecule has 0 bridgehead atoms. The van der Waals surface area contributed by atoms with Crippen molar-refractivity contribution < 1.29 is 0 Å². The minimum absolute atomic E-state index is 0.178. The fraction of sp³-hybridized carbons (Fsp3) is 0.824. The summed E-state index contributed by atoms with van der Waals surface area (Å²) in [6.07, 6.45) is 13.4. The smallest absolute Gasteiger partial charge is 0.0640 e. The highest BCUT2D eigenvalue weighted by molar-refractivity contribution is 5.09. The Morgan fingerprint density at radius 3 is 2.57 bits per heavy atom. The summed E-state index contributed by atoms with van der Waals surface area (Å²) < 4.78 is 2.19. The molecule has 1 unspecified atom stereocenters. The van der Waals surface area contributed by atoms with Gasteiger partial charge in [-0.1, -0.05) is 25.7 Å². The van der Waals surface area contributed by atoms with Gasteiger partial charge >= 0.3 is 0 Å². The highest BCUT2D eigenvalue weighted by Gasteiger charge is 2.41. The summed E-state index contributed by atoms with van der Waals surface area (Å²) in [7, 11) is 4.37. The van der Waals surface area contributed by atoms with Gasteiger partial charge in [-0.15, -0.1) is 0 Å². The van der Waals surface area contributed by atoms with Crippen molar-refractivity contribution in [3.05, 3.63) is 18.0 Å². The number of nitrogens with zero attached hydrogens (tertiary/aromatic N) is 3. The van der Waals surface area contributed by atoms with E-state index in [-0.39, 0.29) is 11.6 Å². The molecule has 1 atom stereocenters. The van der Waals surface area contributed by atoms with Crippen molar-refractivity contribution >= 4 is 0 Å². The monoisotopic (exact) mass is 290 g/mol. The van der Waals surface area contributed by atoms with Gasteiger partial charge in [0.05, 0.1) is 11.7 Å². The zero-order valence-electron chi connectivity index (χ0n) is 13.6. The first-order chi connectivity index (χ1) is 10.1. The molecule has 2 aliphatic carbocycles. The second kappa shape index (κ2) is 6.09. The highest BCUT2D eigenvalue weighted by Crippen LogP contribution is 2.37. The summed E-state index contributed by atoms with van der Waals surface area (Å²) in [6.45, 7) is 0. The number of rotatable bonds is 5. The van der Waals surface area contributed by atoms with Gasteiger partial charge in [0.25, 0.3) is 0 Å². The Bertz CT molecular complexity index is 453. The average molecular weight is 290 g/mol. The first kappa shape index (κ1) is 15.0. The molecule has 0 aromatic carbocycles. The fourth-order valence-electron chi connectivity index (χ4n) is 4.41. The molecule has 1 heterocycles. The van der Waals surface area contributed by atoms with E-state index in [9.17, 15) is 0 Å². The predicted molar refractivity (Wildman–Crippen MR) is 86.3 cm³/mol. The van der Waals surface area contributed by atoms with E-state index < -0.39 is 0 Å². The van der Waals surface area contributed by atoms with Crippen molar-refractivity contribution in [3.8, 4) is 0 Å². The summed E-state index contributed by atoms with van der Waals surface area (Å²) in [6, 6.07) is 2.99. The zero-order valence-corrected chi connectivity index (χ0v) is 13.6. The Hall–Kier alpha value is -0.870. The van der Waals surface area contributed by atoms with E-state index in [0.29, 0.717) is 6.04 Å². The van der Waals surface area contributed by atoms with E-state index in [1.165, 1.54) is 57.1 Å². The maximum atomic E-state index is 6.62. The van der Waals surface area contributed by atoms with Crippen LogP contribution < -0.4 is 5.73 Å². The standard InChI is InChI=1S/C17H30N4/c1-20(2)17(10-5-6-11-17)16(18)13-14-9-12-21(19-14)15-7-3-4-8-15/h9,12,15-16H,3-8,10-11,13,18H2,1-2H3. The minimum Gasteiger partial charge on any atom is -0.326 e. The van der Waals surface area contributed by atoms with E-state index in [0.717, 1.165) is 6.42 Å². The summed E-state index contributed by atoms with van der Waals surface area (Å²) in [5, 5.41) is 4.81. The van der Waals surface area contributed by atoms with Crippen LogP contribution in [0.25, 0.3) is 0 Å². The Balaban J connectivity index is 1.68. The Morgan fingerprint density at radius 1 is 1.29 bits per heavy atom. The van der Waals surface area contributed by atoms with Gasteiger partial charge in [0.2, 0.25) is 0 Å². The van der Waals surface area contributed by atoms with Crippen molar-refractivity contribution in [1.29, 1.82) is 0 Å². The van der Waals surface area contributed by atoms with E-state index in [2.05, 4.69) is 35.9 Å². The van der Waals surface area contributed by atoms with E-state index >= 15 is 0 Å². The first-order valence-corrected chi connectivity index (χ1v) is 8.59. The lowest BCUT2D eigenvalue weighted by atomic mass is 9.85. The van der Waals surface area contributed by atoms with Gasteiger partial charge in [0, 0.05) is 24.2 Å². The maximum Gasteiger partial charge on any atom is 0.0640 e. The second-order valence-electron chi connectivity index (χ2n) is 7.24.